The second-order valence-electron chi connectivity index (χ2n) is 4.42. The molecule has 0 aliphatic carbocycles. The molecule has 0 bridgehead atoms. The van der Waals surface area contributed by atoms with E-state index in [1.807, 2.05) is 13.2 Å². The smallest absolute Gasteiger partial charge is 0.247 e. The van der Waals surface area contributed by atoms with Gasteiger partial charge in [-0.05, 0) is 5.92 Å². The van der Waals surface area contributed by atoms with Crippen molar-refractivity contribution in [3.8, 4) is 0 Å². The van der Waals surface area contributed by atoms with E-state index in [0.29, 0.717) is 12.5 Å². The van der Waals surface area contributed by atoms with Gasteiger partial charge in [0.05, 0.1) is 5.69 Å². The summed E-state index contributed by atoms with van der Waals surface area (Å²) in [5.74, 6) is -0.373. The maximum Gasteiger partial charge on any atom is 0.247 e. The van der Waals surface area contributed by atoms with Crippen molar-refractivity contribution in [1.82, 2.24) is 15.1 Å². The Morgan fingerprint density at radius 1 is 1.65 bits per heavy atom. The van der Waals surface area contributed by atoms with Crippen LogP contribution in [0, 0.1) is 0 Å². The summed E-state index contributed by atoms with van der Waals surface area (Å²) in [6, 6.07) is 0. The number of amides is 1. The van der Waals surface area contributed by atoms with E-state index in [0.717, 1.165) is 11.3 Å². The first kappa shape index (κ1) is 13.7. The molecule has 1 heterocycles. The Morgan fingerprint density at radius 3 is 2.82 bits per heavy atom. The van der Waals surface area contributed by atoms with E-state index in [9.17, 15) is 9.90 Å². The molecule has 0 aliphatic heterocycles. The van der Waals surface area contributed by atoms with Gasteiger partial charge in [-0.15, -0.1) is 0 Å². The van der Waals surface area contributed by atoms with Crippen molar-refractivity contribution in [2.75, 3.05) is 6.54 Å². The summed E-state index contributed by atoms with van der Waals surface area (Å²) >= 11 is 0. The van der Waals surface area contributed by atoms with Gasteiger partial charge in [0.15, 0.2) is 0 Å². The van der Waals surface area contributed by atoms with Gasteiger partial charge < -0.3 is 16.2 Å². The molecule has 1 amide bonds. The number of nitrogens with one attached hydrogen (secondary N) is 1. The highest BCUT2D eigenvalue weighted by molar-refractivity contribution is 5.78. The number of hydrogen-bond donors (Lipinski definition) is 3. The molecular formula is C11H20N4O2. The molecule has 1 rings (SSSR count). The summed E-state index contributed by atoms with van der Waals surface area (Å²) in [5, 5.41) is 16.6. The lowest BCUT2D eigenvalue weighted by Gasteiger charge is -2.09. The van der Waals surface area contributed by atoms with E-state index in [4.69, 9.17) is 5.73 Å². The third-order valence-electron chi connectivity index (χ3n) is 2.47. The van der Waals surface area contributed by atoms with E-state index in [1.165, 1.54) is 0 Å². The summed E-state index contributed by atoms with van der Waals surface area (Å²) in [5.41, 5.74) is 7.04. The fourth-order valence-electron chi connectivity index (χ4n) is 1.62. The van der Waals surface area contributed by atoms with Crippen LogP contribution in [0.15, 0.2) is 6.20 Å². The summed E-state index contributed by atoms with van der Waals surface area (Å²) in [6.45, 7) is 4.86. The van der Waals surface area contributed by atoms with E-state index in [1.54, 1.807) is 4.68 Å². The number of nitrogens with zero attached hydrogens (tertiary/aromatic N) is 2. The van der Waals surface area contributed by atoms with Crippen LogP contribution in [-0.2, 0) is 18.4 Å². The number of aliphatic hydroxyl groups is 1. The zero-order valence-corrected chi connectivity index (χ0v) is 10.5. The number of aliphatic hydroxyl groups excluding tert-OH is 1. The number of rotatable bonds is 6. The molecule has 0 saturated carbocycles. The number of carbonyl (C=O) groups is 1. The quantitative estimate of drug-likeness (QED) is 0.623. The average molecular weight is 240 g/mol. The Bertz CT molecular complexity index is 387. The molecule has 4 N–H and O–H groups in total. The highest BCUT2D eigenvalue weighted by atomic mass is 16.3. The van der Waals surface area contributed by atoms with Crippen molar-refractivity contribution in [3.63, 3.8) is 0 Å². The predicted molar refractivity (Wildman–Crippen MR) is 64.2 cm³/mol. The largest absolute Gasteiger partial charge is 0.382 e. The van der Waals surface area contributed by atoms with Gasteiger partial charge in [0, 0.05) is 31.9 Å². The predicted octanol–water partition coefficient (Wildman–Crippen LogP) is -0.521. The fourth-order valence-corrected chi connectivity index (χ4v) is 1.62. The van der Waals surface area contributed by atoms with Gasteiger partial charge in [0.1, 0.15) is 6.10 Å². The van der Waals surface area contributed by atoms with Crippen molar-refractivity contribution < 1.29 is 9.90 Å². The monoisotopic (exact) mass is 240 g/mol. The minimum Gasteiger partial charge on any atom is -0.382 e. The van der Waals surface area contributed by atoms with Gasteiger partial charge in [0.25, 0.3) is 0 Å². The number of hydrogen-bond acceptors (Lipinski definition) is 4. The SMILES string of the molecule is CC(C)c1nn(C)cc1CNCC(O)C(N)=O. The van der Waals surface area contributed by atoms with Crippen molar-refractivity contribution >= 4 is 5.91 Å². The zero-order valence-electron chi connectivity index (χ0n) is 10.5. The van der Waals surface area contributed by atoms with Crippen molar-refractivity contribution in [1.29, 1.82) is 0 Å². The summed E-state index contributed by atoms with van der Waals surface area (Å²) in [6.07, 6.45) is 0.785. The normalized spacial score (nSPS) is 13.0. The number of aryl methyl sites for hydroxylation is 1. The maximum absolute atomic E-state index is 10.6. The van der Waals surface area contributed by atoms with E-state index in [-0.39, 0.29) is 6.54 Å². The second-order valence-corrected chi connectivity index (χ2v) is 4.42. The number of aromatic nitrogens is 2. The molecule has 0 radical (unpaired) electrons. The lowest BCUT2D eigenvalue weighted by molar-refractivity contribution is -0.125. The summed E-state index contributed by atoms with van der Waals surface area (Å²) in [7, 11) is 1.87. The first-order valence-corrected chi connectivity index (χ1v) is 5.62. The van der Waals surface area contributed by atoms with Crippen LogP contribution in [-0.4, -0.2) is 33.4 Å². The molecule has 17 heavy (non-hydrogen) atoms. The first-order chi connectivity index (χ1) is 7.91. The van der Waals surface area contributed by atoms with Crippen LogP contribution >= 0.6 is 0 Å². The van der Waals surface area contributed by atoms with Crippen molar-refractivity contribution in [2.45, 2.75) is 32.4 Å². The van der Waals surface area contributed by atoms with Gasteiger partial charge in [-0.3, -0.25) is 9.48 Å². The zero-order chi connectivity index (χ0) is 13.0. The molecule has 0 aromatic carbocycles. The molecule has 0 spiro atoms. The summed E-state index contributed by atoms with van der Waals surface area (Å²) < 4.78 is 1.76. The topological polar surface area (TPSA) is 93.2 Å². The molecule has 1 aromatic heterocycles. The maximum atomic E-state index is 10.6. The molecule has 1 atom stereocenters. The summed E-state index contributed by atoms with van der Waals surface area (Å²) in [4.78, 5) is 10.6. The Balaban J connectivity index is 2.54. The van der Waals surface area contributed by atoms with Crippen LogP contribution in [0.25, 0.3) is 0 Å². The molecule has 1 aromatic rings. The van der Waals surface area contributed by atoms with Crippen molar-refractivity contribution in [2.24, 2.45) is 12.8 Å². The highest BCUT2D eigenvalue weighted by Crippen LogP contribution is 2.16. The Hall–Kier alpha value is -1.40. The van der Waals surface area contributed by atoms with Gasteiger partial charge in [-0.25, -0.2) is 0 Å². The van der Waals surface area contributed by atoms with Gasteiger partial charge in [-0.1, -0.05) is 13.8 Å². The lowest BCUT2D eigenvalue weighted by atomic mass is 10.1. The molecular weight excluding hydrogens is 220 g/mol. The first-order valence-electron chi connectivity index (χ1n) is 5.62. The lowest BCUT2D eigenvalue weighted by Crippen LogP contribution is -2.37. The van der Waals surface area contributed by atoms with Crippen LogP contribution in [0.5, 0.6) is 0 Å². The van der Waals surface area contributed by atoms with Gasteiger partial charge in [0.2, 0.25) is 5.91 Å². The molecule has 6 heteroatoms. The third kappa shape index (κ3) is 3.83. The van der Waals surface area contributed by atoms with Crippen LogP contribution < -0.4 is 11.1 Å². The number of primary amides is 1. The molecule has 0 fully saturated rings. The number of carbonyl (C=O) groups excluding carboxylic acids is 1. The van der Waals surface area contributed by atoms with E-state index >= 15 is 0 Å². The van der Waals surface area contributed by atoms with Crippen LogP contribution in [0.4, 0.5) is 0 Å². The fraction of sp³-hybridized carbons (Fsp3) is 0.636. The van der Waals surface area contributed by atoms with E-state index in [2.05, 4.69) is 24.3 Å². The Morgan fingerprint density at radius 2 is 2.29 bits per heavy atom. The Kier molecular flexibility index (Phi) is 4.65. The van der Waals surface area contributed by atoms with Crippen LogP contribution in [0.2, 0.25) is 0 Å². The second kappa shape index (κ2) is 5.79. The molecule has 1 unspecified atom stereocenters. The minimum atomic E-state index is -1.14. The van der Waals surface area contributed by atoms with Crippen LogP contribution in [0.3, 0.4) is 0 Å². The molecule has 0 saturated heterocycles. The minimum absolute atomic E-state index is 0.155. The van der Waals surface area contributed by atoms with Crippen molar-refractivity contribution in [3.05, 3.63) is 17.5 Å². The van der Waals surface area contributed by atoms with Gasteiger partial charge >= 0.3 is 0 Å². The number of nitrogens with two attached hydrogens (primary N) is 1. The standard InChI is InChI=1S/C11H20N4O2/c1-7(2)10-8(6-15(3)14-10)4-13-5-9(16)11(12)17/h6-7,9,13,16H,4-5H2,1-3H3,(H2,12,17). The Labute approximate surface area is 101 Å². The van der Waals surface area contributed by atoms with Gasteiger partial charge in [-0.2, -0.15) is 5.10 Å². The molecule has 6 nitrogen and oxygen atoms in total. The van der Waals surface area contributed by atoms with Crippen LogP contribution in [0.1, 0.15) is 31.0 Å². The molecule has 0 aliphatic rings. The average Bonchev–Trinajstić information content (AvgIpc) is 2.59. The highest BCUT2D eigenvalue weighted by Gasteiger charge is 2.13. The van der Waals surface area contributed by atoms with E-state index < -0.39 is 12.0 Å². The third-order valence-corrected chi connectivity index (χ3v) is 2.47. The molecule has 96 valence electrons.